The molecule has 0 N–H and O–H groups in total. The zero-order chi connectivity index (χ0) is 13.7. The summed E-state index contributed by atoms with van der Waals surface area (Å²) < 4.78 is 34.1. The van der Waals surface area contributed by atoms with Crippen molar-refractivity contribution in [2.45, 2.75) is 20.1 Å². The van der Waals surface area contributed by atoms with Gasteiger partial charge in [-0.25, -0.2) is 4.98 Å². The Bertz CT molecular complexity index is 532. The van der Waals surface area contributed by atoms with Gasteiger partial charge in [0, 0.05) is 17.8 Å². The highest BCUT2D eigenvalue weighted by molar-refractivity contribution is 5.30. The first-order valence-electron chi connectivity index (χ1n) is 5.74. The molecule has 0 atom stereocenters. The van der Waals surface area contributed by atoms with E-state index in [-0.39, 0.29) is 11.6 Å². The van der Waals surface area contributed by atoms with Crippen LogP contribution >= 0.6 is 0 Å². The molecule has 0 spiro atoms. The van der Waals surface area contributed by atoms with Crippen LogP contribution in [0.15, 0.2) is 42.5 Å². The van der Waals surface area contributed by atoms with E-state index in [0.29, 0.717) is 12.3 Å². The normalized spacial score (nSPS) is 10.5. The zero-order valence-electron chi connectivity index (χ0n) is 10.3. The number of hydrogen-bond acceptors (Lipinski definition) is 3. The molecule has 5 heteroatoms. The van der Waals surface area contributed by atoms with Crippen LogP contribution < -0.4 is 9.47 Å². The molecule has 0 fully saturated rings. The van der Waals surface area contributed by atoms with Gasteiger partial charge in [0.25, 0.3) is 0 Å². The van der Waals surface area contributed by atoms with Crippen molar-refractivity contribution in [1.29, 1.82) is 0 Å². The molecule has 0 amide bonds. The van der Waals surface area contributed by atoms with Crippen LogP contribution in [-0.4, -0.2) is 11.6 Å². The highest BCUT2D eigenvalue weighted by Crippen LogP contribution is 2.21. The lowest BCUT2D eigenvalue weighted by Crippen LogP contribution is -2.04. The number of halogens is 2. The van der Waals surface area contributed by atoms with Crippen LogP contribution in [0.3, 0.4) is 0 Å². The maximum absolute atomic E-state index is 12.2. The van der Waals surface area contributed by atoms with Crippen molar-refractivity contribution >= 4 is 0 Å². The number of alkyl halides is 2. The number of benzene rings is 1. The molecule has 0 saturated heterocycles. The third-order valence-corrected chi connectivity index (χ3v) is 2.36. The van der Waals surface area contributed by atoms with Crippen molar-refractivity contribution in [3.63, 3.8) is 0 Å². The lowest BCUT2D eigenvalue weighted by molar-refractivity contribution is -0.0500. The second-order valence-electron chi connectivity index (χ2n) is 3.94. The fourth-order valence-electron chi connectivity index (χ4n) is 1.58. The van der Waals surface area contributed by atoms with Gasteiger partial charge in [-0.1, -0.05) is 30.3 Å². The first kappa shape index (κ1) is 13.3. The molecule has 0 aliphatic carbocycles. The van der Waals surface area contributed by atoms with E-state index in [9.17, 15) is 8.78 Å². The Kier molecular flexibility index (Phi) is 4.28. The molecule has 100 valence electrons. The van der Waals surface area contributed by atoms with Crippen LogP contribution in [0.2, 0.25) is 0 Å². The summed E-state index contributed by atoms with van der Waals surface area (Å²) in [7, 11) is 0. The van der Waals surface area contributed by atoms with Gasteiger partial charge in [0.05, 0.1) is 0 Å². The van der Waals surface area contributed by atoms with Gasteiger partial charge in [0.15, 0.2) is 0 Å². The van der Waals surface area contributed by atoms with Gasteiger partial charge < -0.3 is 9.47 Å². The van der Waals surface area contributed by atoms with Crippen molar-refractivity contribution in [3.8, 4) is 11.6 Å². The maximum atomic E-state index is 12.2. The van der Waals surface area contributed by atoms with Crippen LogP contribution in [-0.2, 0) is 6.61 Å². The van der Waals surface area contributed by atoms with Crippen molar-refractivity contribution in [1.82, 2.24) is 4.98 Å². The van der Waals surface area contributed by atoms with Crippen LogP contribution in [0, 0.1) is 6.92 Å². The molecule has 2 rings (SSSR count). The summed E-state index contributed by atoms with van der Waals surface area (Å²) in [6, 6.07) is 12.3. The van der Waals surface area contributed by atoms with Gasteiger partial charge in [0.1, 0.15) is 12.4 Å². The van der Waals surface area contributed by atoms with Gasteiger partial charge >= 0.3 is 6.61 Å². The Labute approximate surface area is 109 Å². The Morgan fingerprint density at radius 2 is 1.89 bits per heavy atom. The average Bonchev–Trinajstić information content (AvgIpc) is 2.36. The molecular formula is C14H13F2NO2. The quantitative estimate of drug-likeness (QED) is 0.828. The van der Waals surface area contributed by atoms with E-state index in [1.807, 2.05) is 30.3 Å². The Balaban J connectivity index is 2.05. The smallest absolute Gasteiger partial charge is 0.387 e. The molecule has 1 heterocycles. The van der Waals surface area contributed by atoms with E-state index >= 15 is 0 Å². The van der Waals surface area contributed by atoms with E-state index in [1.54, 1.807) is 6.92 Å². The lowest BCUT2D eigenvalue weighted by Gasteiger charge is -2.09. The number of hydrogen-bond donors (Lipinski definition) is 0. The van der Waals surface area contributed by atoms with E-state index in [1.165, 1.54) is 12.1 Å². The van der Waals surface area contributed by atoms with Crippen molar-refractivity contribution in [3.05, 3.63) is 53.7 Å². The molecule has 1 aromatic heterocycles. The molecule has 0 saturated carbocycles. The first-order valence-corrected chi connectivity index (χ1v) is 5.74. The summed E-state index contributed by atoms with van der Waals surface area (Å²) in [6.45, 7) is -0.845. The van der Waals surface area contributed by atoms with Crippen molar-refractivity contribution in [2.75, 3.05) is 0 Å². The fourth-order valence-corrected chi connectivity index (χ4v) is 1.58. The Morgan fingerprint density at radius 3 is 2.58 bits per heavy atom. The van der Waals surface area contributed by atoms with Crippen LogP contribution in [0.4, 0.5) is 8.78 Å². The van der Waals surface area contributed by atoms with Crippen molar-refractivity contribution in [2.24, 2.45) is 0 Å². The molecule has 0 aliphatic heterocycles. The number of nitrogens with zero attached hydrogens (tertiary/aromatic N) is 1. The van der Waals surface area contributed by atoms with Gasteiger partial charge in [-0.3, -0.25) is 0 Å². The molecule has 0 bridgehead atoms. The highest BCUT2D eigenvalue weighted by atomic mass is 19.3. The fraction of sp³-hybridized carbons (Fsp3) is 0.214. The maximum Gasteiger partial charge on any atom is 0.387 e. The lowest BCUT2D eigenvalue weighted by atomic mass is 10.2. The molecular weight excluding hydrogens is 252 g/mol. The topological polar surface area (TPSA) is 31.4 Å². The molecule has 3 nitrogen and oxygen atoms in total. The van der Waals surface area contributed by atoms with E-state index < -0.39 is 6.61 Å². The van der Waals surface area contributed by atoms with Crippen LogP contribution in [0.1, 0.15) is 11.3 Å². The third kappa shape index (κ3) is 4.21. The largest absolute Gasteiger partial charge is 0.473 e. The summed E-state index contributed by atoms with van der Waals surface area (Å²) in [6.07, 6.45) is 0. The minimum atomic E-state index is -2.86. The van der Waals surface area contributed by atoms with Gasteiger partial charge in [-0.15, -0.1) is 0 Å². The summed E-state index contributed by atoms with van der Waals surface area (Å²) >= 11 is 0. The predicted molar refractivity (Wildman–Crippen MR) is 66.4 cm³/mol. The number of aryl methyl sites for hydroxylation is 1. The molecule has 0 radical (unpaired) electrons. The second-order valence-corrected chi connectivity index (χ2v) is 3.94. The summed E-state index contributed by atoms with van der Waals surface area (Å²) in [4.78, 5) is 4.11. The standard InChI is InChI=1S/C14H13F2NO2/c1-10-7-12(19-14(15)16)8-13(17-10)18-9-11-5-3-2-4-6-11/h2-8,14H,9H2,1H3. The monoisotopic (exact) mass is 265 g/mol. The minimum absolute atomic E-state index is 0.0468. The summed E-state index contributed by atoms with van der Waals surface area (Å²) in [5.74, 6) is 0.310. The molecule has 0 unspecified atom stereocenters. The number of ether oxygens (including phenoxy) is 2. The van der Waals surface area contributed by atoms with Gasteiger partial charge in [-0.2, -0.15) is 8.78 Å². The van der Waals surface area contributed by atoms with E-state index in [4.69, 9.17) is 4.74 Å². The Morgan fingerprint density at radius 1 is 1.16 bits per heavy atom. The zero-order valence-corrected chi connectivity index (χ0v) is 10.3. The average molecular weight is 265 g/mol. The Hall–Kier alpha value is -2.17. The summed E-state index contributed by atoms with van der Waals surface area (Å²) in [5, 5.41) is 0. The molecule has 2 aromatic rings. The van der Waals surface area contributed by atoms with E-state index in [0.717, 1.165) is 5.56 Å². The number of pyridine rings is 1. The van der Waals surface area contributed by atoms with Crippen molar-refractivity contribution < 1.29 is 18.3 Å². The highest BCUT2D eigenvalue weighted by Gasteiger charge is 2.08. The van der Waals surface area contributed by atoms with Crippen LogP contribution in [0.5, 0.6) is 11.6 Å². The van der Waals surface area contributed by atoms with Crippen LogP contribution in [0.25, 0.3) is 0 Å². The third-order valence-electron chi connectivity index (χ3n) is 2.36. The number of rotatable bonds is 5. The molecule has 1 aromatic carbocycles. The SMILES string of the molecule is Cc1cc(OC(F)F)cc(OCc2ccccc2)n1. The molecule has 0 aliphatic rings. The predicted octanol–water partition coefficient (Wildman–Crippen LogP) is 3.57. The second kappa shape index (κ2) is 6.13. The summed E-state index contributed by atoms with van der Waals surface area (Å²) in [5.41, 5.74) is 1.53. The molecule has 19 heavy (non-hydrogen) atoms. The first-order chi connectivity index (χ1) is 9.13. The van der Waals surface area contributed by atoms with Gasteiger partial charge in [0.2, 0.25) is 5.88 Å². The number of aromatic nitrogens is 1. The van der Waals surface area contributed by atoms with E-state index in [2.05, 4.69) is 9.72 Å². The minimum Gasteiger partial charge on any atom is -0.473 e. The van der Waals surface area contributed by atoms with Gasteiger partial charge in [-0.05, 0) is 12.5 Å².